The Balaban J connectivity index is 1.35. The van der Waals surface area contributed by atoms with E-state index in [0.717, 1.165) is 5.56 Å². The first-order chi connectivity index (χ1) is 19.3. The lowest BCUT2D eigenvalue weighted by Gasteiger charge is -2.38. The number of para-hydroxylation sites is 2. The Hall–Kier alpha value is -3.60. The van der Waals surface area contributed by atoms with Gasteiger partial charge in [-0.05, 0) is 48.7 Å². The van der Waals surface area contributed by atoms with Crippen molar-refractivity contribution in [1.82, 2.24) is 9.62 Å². The van der Waals surface area contributed by atoms with Gasteiger partial charge < -0.3 is 19.7 Å². The molecule has 5 rings (SSSR count). The van der Waals surface area contributed by atoms with E-state index >= 15 is 0 Å². The normalized spacial score (nSPS) is 19.3. The average Bonchev–Trinajstić information content (AvgIpc) is 2.99. The summed E-state index contributed by atoms with van der Waals surface area (Å²) in [6.07, 6.45) is 0.106. The number of benzene rings is 3. The van der Waals surface area contributed by atoms with Crippen LogP contribution in [-0.2, 0) is 26.2 Å². The molecule has 2 heterocycles. The van der Waals surface area contributed by atoms with Gasteiger partial charge >= 0.3 is 0 Å². The molecule has 2 unspecified atom stereocenters. The number of nitrogens with zero attached hydrogens (tertiary/aromatic N) is 2. The third-order valence-corrected chi connectivity index (χ3v) is 9.24. The van der Waals surface area contributed by atoms with Crippen molar-refractivity contribution in [2.24, 2.45) is 5.92 Å². The zero-order valence-electron chi connectivity index (χ0n) is 22.0. The third-order valence-electron chi connectivity index (χ3n) is 7.12. The number of rotatable bonds is 7. The maximum absolute atomic E-state index is 13.9. The van der Waals surface area contributed by atoms with Crippen molar-refractivity contribution in [3.8, 4) is 11.5 Å². The molecule has 2 amide bonds. The van der Waals surface area contributed by atoms with E-state index in [1.807, 2.05) is 30.3 Å². The van der Waals surface area contributed by atoms with E-state index in [1.54, 1.807) is 35.2 Å². The maximum atomic E-state index is 13.9. The molecule has 3 aromatic carbocycles. The van der Waals surface area contributed by atoms with Crippen molar-refractivity contribution >= 4 is 39.1 Å². The number of methoxy groups -OCH3 is 1. The largest absolute Gasteiger partial charge is 0.495 e. The van der Waals surface area contributed by atoms with E-state index in [-0.39, 0.29) is 47.1 Å². The predicted molar refractivity (Wildman–Crippen MR) is 151 cm³/mol. The highest BCUT2D eigenvalue weighted by Crippen LogP contribution is 2.36. The molecule has 210 valence electrons. The van der Waals surface area contributed by atoms with Crippen LogP contribution in [0.5, 0.6) is 11.5 Å². The summed E-state index contributed by atoms with van der Waals surface area (Å²) >= 11 is 6.10. The number of ether oxygens (including phenoxy) is 2. The average molecular weight is 584 g/mol. The summed E-state index contributed by atoms with van der Waals surface area (Å²) in [5.74, 6) is -0.588. The fraction of sp³-hybridized carbons (Fsp3) is 0.310. The molecule has 0 spiro atoms. The summed E-state index contributed by atoms with van der Waals surface area (Å²) in [6.45, 7) is 0.618. The number of amides is 2. The summed E-state index contributed by atoms with van der Waals surface area (Å²) in [6, 6.07) is 21.0. The van der Waals surface area contributed by atoms with Crippen molar-refractivity contribution in [2.45, 2.75) is 30.4 Å². The SMILES string of the molecule is COc1ccc(Cl)cc1S(=O)(=O)N1CCCC(C(=O)N2CC(C(=O)NCc3ccccc3)Oc3ccccc32)C1. The zero-order chi connectivity index (χ0) is 28.3. The molecule has 11 heteroatoms. The van der Waals surface area contributed by atoms with Crippen LogP contribution < -0.4 is 19.7 Å². The van der Waals surface area contributed by atoms with Gasteiger partial charge in [0.1, 0.15) is 16.4 Å². The fourth-order valence-electron chi connectivity index (χ4n) is 5.05. The van der Waals surface area contributed by atoms with Gasteiger partial charge in [-0.3, -0.25) is 9.59 Å². The molecule has 9 nitrogen and oxygen atoms in total. The summed E-state index contributed by atoms with van der Waals surface area (Å²) < 4.78 is 39.7. The molecule has 40 heavy (non-hydrogen) atoms. The van der Waals surface area contributed by atoms with E-state index in [0.29, 0.717) is 30.8 Å². The lowest BCUT2D eigenvalue weighted by molar-refractivity contribution is -0.129. The van der Waals surface area contributed by atoms with Crippen LogP contribution in [0.4, 0.5) is 5.69 Å². The highest BCUT2D eigenvalue weighted by atomic mass is 35.5. The summed E-state index contributed by atoms with van der Waals surface area (Å²) in [4.78, 5) is 28.5. The Bertz CT molecular complexity index is 1500. The zero-order valence-corrected chi connectivity index (χ0v) is 23.5. The van der Waals surface area contributed by atoms with Crippen molar-refractivity contribution < 1.29 is 27.5 Å². The fourth-order valence-corrected chi connectivity index (χ4v) is 6.99. The van der Waals surface area contributed by atoms with E-state index in [4.69, 9.17) is 21.1 Å². The van der Waals surface area contributed by atoms with Crippen molar-refractivity contribution in [3.05, 3.63) is 83.4 Å². The van der Waals surface area contributed by atoms with Crippen LogP contribution >= 0.6 is 11.6 Å². The van der Waals surface area contributed by atoms with Crippen LogP contribution in [0, 0.1) is 5.92 Å². The van der Waals surface area contributed by atoms with Gasteiger partial charge in [0.2, 0.25) is 15.9 Å². The number of sulfonamides is 1. The number of fused-ring (bicyclic) bond motifs is 1. The molecule has 0 aromatic heterocycles. The van der Waals surface area contributed by atoms with E-state index in [2.05, 4.69) is 5.32 Å². The second-order valence-electron chi connectivity index (χ2n) is 9.72. The van der Waals surface area contributed by atoms with Crippen molar-refractivity contribution in [3.63, 3.8) is 0 Å². The first-order valence-corrected chi connectivity index (χ1v) is 14.8. The van der Waals surface area contributed by atoms with Gasteiger partial charge in [0.25, 0.3) is 5.91 Å². The lowest BCUT2D eigenvalue weighted by atomic mass is 9.97. The minimum atomic E-state index is -3.98. The van der Waals surface area contributed by atoms with Gasteiger partial charge in [-0.2, -0.15) is 4.31 Å². The number of anilines is 1. The van der Waals surface area contributed by atoms with Crippen molar-refractivity contribution in [1.29, 1.82) is 0 Å². The van der Waals surface area contributed by atoms with Crippen LogP contribution in [0.1, 0.15) is 18.4 Å². The van der Waals surface area contributed by atoms with E-state index in [9.17, 15) is 18.0 Å². The lowest BCUT2D eigenvalue weighted by Crippen LogP contribution is -2.53. The standard InChI is InChI=1S/C29H30ClN3O6S/c1-38-25-14-13-22(30)16-27(25)40(36,37)32-15-7-10-21(18-32)29(35)33-19-26(39-24-12-6-5-11-23(24)33)28(34)31-17-20-8-3-2-4-9-20/h2-6,8-9,11-14,16,21,26H,7,10,15,17-19H2,1H3,(H,31,34). The predicted octanol–water partition coefficient (Wildman–Crippen LogP) is 3.86. The molecule has 2 aliphatic heterocycles. The molecule has 1 fully saturated rings. The van der Waals surface area contributed by atoms with Crippen LogP contribution in [0.2, 0.25) is 5.02 Å². The number of halogens is 1. The van der Waals surface area contributed by atoms with Gasteiger partial charge in [-0.1, -0.05) is 54.1 Å². The Morgan fingerprint density at radius 3 is 2.58 bits per heavy atom. The smallest absolute Gasteiger partial charge is 0.263 e. The number of hydrogen-bond donors (Lipinski definition) is 1. The Kier molecular flexibility index (Phi) is 8.30. The molecule has 0 bridgehead atoms. The molecule has 0 radical (unpaired) electrons. The number of carbonyl (C=O) groups excluding carboxylic acids is 2. The van der Waals surface area contributed by atoms with E-state index < -0.39 is 22.0 Å². The highest BCUT2D eigenvalue weighted by molar-refractivity contribution is 7.89. The second kappa shape index (κ2) is 11.9. The first-order valence-electron chi connectivity index (χ1n) is 13.0. The minimum Gasteiger partial charge on any atom is -0.495 e. The Labute approximate surface area is 238 Å². The topological polar surface area (TPSA) is 105 Å². The maximum Gasteiger partial charge on any atom is 0.263 e. The van der Waals surface area contributed by atoms with Crippen LogP contribution in [0.25, 0.3) is 0 Å². The molecule has 3 aromatic rings. The highest BCUT2D eigenvalue weighted by Gasteiger charge is 2.40. The summed E-state index contributed by atoms with van der Waals surface area (Å²) in [5.41, 5.74) is 1.50. The quantitative estimate of drug-likeness (QED) is 0.453. The number of nitrogens with one attached hydrogen (secondary N) is 1. The second-order valence-corrected chi connectivity index (χ2v) is 12.1. The summed E-state index contributed by atoms with van der Waals surface area (Å²) in [7, 11) is -2.58. The summed E-state index contributed by atoms with van der Waals surface area (Å²) in [5, 5.41) is 3.16. The molecule has 1 saturated heterocycles. The molecular weight excluding hydrogens is 554 g/mol. The molecule has 1 N–H and O–H groups in total. The number of carbonyl (C=O) groups is 2. The number of hydrogen-bond acceptors (Lipinski definition) is 6. The first kappa shape index (κ1) is 27.9. The van der Waals surface area contributed by atoms with Crippen LogP contribution in [0.15, 0.2) is 77.7 Å². The van der Waals surface area contributed by atoms with Gasteiger partial charge in [0.15, 0.2) is 6.10 Å². The molecule has 2 atom stereocenters. The monoisotopic (exact) mass is 583 g/mol. The van der Waals surface area contributed by atoms with Crippen molar-refractivity contribution in [2.75, 3.05) is 31.6 Å². The number of piperidine rings is 1. The minimum absolute atomic E-state index is 0.00122. The molecule has 0 aliphatic carbocycles. The van der Waals surface area contributed by atoms with Crippen LogP contribution in [0.3, 0.4) is 0 Å². The third kappa shape index (κ3) is 5.79. The molecule has 0 saturated carbocycles. The molecular formula is C29H30ClN3O6S. The Morgan fingerprint density at radius 2 is 1.80 bits per heavy atom. The molecule has 2 aliphatic rings. The van der Waals surface area contributed by atoms with Gasteiger partial charge in [-0.25, -0.2) is 8.42 Å². The van der Waals surface area contributed by atoms with Crippen LogP contribution in [-0.4, -0.2) is 57.4 Å². The van der Waals surface area contributed by atoms with Gasteiger partial charge in [0.05, 0.1) is 25.3 Å². The Morgan fingerprint density at radius 1 is 1.05 bits per heavy atom. The van der Waals surface area contributed by atoms with Gasteiger partial charge in [-0.15, -0.1) is 0 Å². The van der Waals surface area contributed by atoms with E-state index in [1.165, 1.54) is 23.5 Å². The van der Waals surface area contributed by atoms with Gasteiger partial charge in [0, 0.05) is 24.7 Å².